The number of hydrogen-bond donors (Lipinski definition) is 0. The van der Waals surface area contributed by atoms with Crippen molar-refractivity contribution in [3.63, 3.8) is 0 Å². The Morgan fingerprint density at radius 3 is 1.19 bits per heavy atom. The lowest BCUT2D eigenvalue weighted by Crippen LogP contribution is -2.32. The summed E-state index contributed by atoms with van der Waals surface area (Å²) in [6, 6.07) is 6.47. The van der Waals surface area contributed by atoms with Crippen molar-refractivity contribution in [2.75, 3.05) is 96.1 Å². The third-order valence-corrected chi connectivity index (χ3v) is 6.55. The molecule has 0 fully saturated rings. The van der Waals surface area contributed by atoms with Crippen LogP contribution in [0.3, 0.4) is 0 Å². The zero-order valence-corrected chi connectivity index (χ0v) is 25.9. The Kier molecular flexibility index (Phi) is 14.5. The van der Waals surface area contributed by atoms with Gasteiger partial charge in [0.1, 0.15) is 11.1 Å². The van der Waals surface area contributed by atoms with E-state index in [9.17, 15) is 9.59 Å². The van der Waals surface area contributed by atoms with Gasteiger partial charge in [-0.3, -0.25) is 0 Å². The summed E-state index contributed by atoms with van der Waals surface area (Å²) in [4.78, 5) is 29.6. The number of likely N-dealkylation sites (N-methyl/N-ethyl adjacent to an activating group) is 2. The van der Waals surface area contributed by atoms with Crippen LogP contribution in [0.5, 0.6) is 34.5 Å². The molecule has 0 amide bonds. The molecule has 0 aliphatic rings. The van der Waals surface area contributed by atoms with E-state index >= 15 is 0 Å². The van der Waals surface area contributed by atoms with Crippen LogP contribution in [0.15, 0.2) is 24.3 Å². The first kappa shape index (κ1) is 34.3. The third kappa shape index (κ3) is 9.31. The molecule has 42 heavy (non-hydrogen) atoms. The van der Waals surface area contributed by atoms with Gasteiger partial charge in [-0.25, -0.2) is 9.59 Å². The van der Waals surface area contributed by atoms with E-state index in [4.69, 9.17) is 37.9 Å². The van der Waals surface area contributed by atoms with Crippen LogP contribution < -0.4 is 28.4 Å². The van der Waals surface area contributed by atoms with Gasteiger partial charge in [-0.15, -0.1) is 0 Å². The number of carbonyl (C=O) groups excluding carboxylic acids is 2. The Bertz CT molecular complexity index is 1070. The maximum Gasteiger partial charge on any atom is 0.342 e. The van der Waals surface area contributed by atoms with Gasteiger partial charge in [-0.2, -0.15) is 0 Å². The lowest BCUT2D eigenvalue weighted by Gasteiger charge is -2.22. The molecule has 0 aromatic heterocycles. The first-order chi connectivity index (χ1) is 20.3. The van der Waals surface area contributed by atoms with Gasteiger partial charge >= 0.3 is 11.9 Å². The summed E-state index contributed by atoms with van der Waals surface area (Å²) in [6.07, 6.45) is 1.36. The van der Waals surface area contributed by atoms with Gasteiger partial charge < -0.3 is 47.7 Å². The van der Waals surface area contributed by atoms with Crippen molar-refractivity contribution >= 4 is 11.9 Å². The van der Waals surface area contributed by atoms with Gasteiger partial charge in [0.2, 0.25) is 11.5 Å². The minimum absolute atomic E-state index is 0.271. The molecule has 0 aliphatic heterocycles. The summed E-state index contributed by atoms with van der Waals surface area (Å²) in [7, 11) is 13.0. The number of hydrogen-bond acceptors (Lipinski definition) is 12. The molecule has 2 aromatic carbocycles. The van der Waals surface area contributed by atoms with E-state index in [1.54, 1.807) is 24.3 Å². The Labute approximate surface area is 248 Å². The minimum atomic E-state index is -0.486. The Morgan fingerprint density at radius 2 is 0.881 bits per heavy atom. The molecule has 0 N–H and O–H groups in total. The third-order valence-electron chi connectivity index (χ3n) is 6.55. The molecular formula is C30H44N2O10. The first-order valence-electron chi connectivity index (χ1n) is 13.5. The van der Waals surface area contributed by atoms with E-state index in [0.717, 1.165) is 26.2 Å². The van der Waals surface area contributed by atoms with Crippen LogP contribution in [0.4, 0.5) is 0 Å². The standard InChI is InChI=1S/C30H44N2O10/c1-31(15-9-19-41-29(33)21-11-13-23(35-3)27(39-7)25(21)37-5)17-18-32(2)16-10-20-42-30(34)22-12-14-24(36-4)28(40-8)26(22)38-6/h11-14H,9-10,15-20H2,1-8H3. The molecule has 12 heteroatoms. The van der Waals surface area contributed by atoms with Crippen LogP contribution in [0, 0.1) is 0 Å². The van der Waals surface area contributed by atoms with E-state index in [-0.39, 0.29) is 35.8 Å². The number of rotatable bonds is 19. The fraction of sp³-hybridized carbons (Fsp3) is 0.533. The summed E-state index contributed by atoms with van der Waals surface area (Å²) in [5.41, 5.74) is 0.553. The molecular weight excluding hydrogens is 548 g/mol. The maximum absolute atomic E-state index is 12.6. The van der Waals surface area contributed by atoms with Crippen LogP contribution in [0.2, 0.25) is 0 Å². The van der Waals surface area contributed by atoms with Crippen molar-refractivity contribution in [3.05, 3.63) is 35.4 Å². The molecule has 2 aromatic rings. The van der Waals surface area contributed by atoms with Crippen LogP contribution >= 0.6 is 0 Å². The van der Waals surface area contributed by atoms with E-state index in [1.807, 2.05) is 14.1 Å². The van der Waals surface area contributed by atoms with Crippen molar-refractivity contribution in [2.24, 2.45) is 0 Å². The van der Waals surface area contributed by atoms with Gasteiger partial charge in [0.25, 0.3) is 0 Å². The Morgan fingerprint density at radius 1 is 0.524 bits per heavy atom. The molecule has 0 atom stereocenters. The summed E-state index contributed by atoms with van der Waals surface area (Å²) < 4.78 is 42.8. The average Bonchev–Trinajstić information content (AvgIpc) is 3.01. The van der Waals surface area contributed by atoms with Crippen LogP contribution in [-0.2, 0) is 9.47 Å². The second kappa shape index (κ2) is 17.8. The largest absolute Gasteiger partial charge is 0.493 e. The Balaban J connectivity index is 1.69. The minimum Gasteiger partial charge on any atom is -0.493 e. The van der Waals surface area contributed by atoms with Crippen molar-refractivity contribution in [2.45, 2.75) is 12.8 Å². The van der Waals surface area contributed by atoms with E-state index in [2.05, 4.69) is 9.80 Å². The number of ether oxygens (including phenoxy) is 8. The monoisotopic (exact) mass is 592 g/mol. The second-order valence-electron chi connectivity index (χ2n) is 9.35. The lowest BCUT2D eigenvalue weighted by molar-refractivity contribution is 0.0471. The smallest absolute Gasteiger partial charge is 0.342 e. The average molecular weight is 593 g/mol. The first-order valence-corrected chi connectivity index (χ1v) is 13.5. The molecule has 0 aliphatic carbocycles. The quantitative estimate of drug-likeness (QED) is 0.176. The predicted octanol–water partition coefficient (Wildman–Crippen LogP) is 3.40. The zero-order chi connectivity index (χ0) is 31.1. The Hall–Kier alpha value is -3.90. The van der Waals surface area contributed by atoms with Gasteiger partial charge in [-0.05, 0) is 51.2 Å². The van der Waals surface area contributed by atoms with Crippen molar-refractivity contribution in [3.8, 4) is 34.5 Å². The summed E-state index contributed by atoms with van der Waals surface area (Å²) >= 11 is 0. The SMILES string of the molecule is COc1ccc(C(=O)OCCCN(C)CCN(C)CCCOC(=O)c2ccc(OC)c(OC)c2OC)c(OC)c1OC. The van der Waals surface area contributed by atoms with Gasteiger partial charge in [0.05, 0.1) is 55.9 Å². The normalized spacial score (nSPS) is 10.8. The number of benzene rings is 2. The molecule has 0 unspecified atom stereocenters. The van der Waals surface area contributed by atoms with Crippen molar-refractivity contribution in [1.29, 1.82) is 0 Å². The topological polar surface area (TPSA) is 114 Å². The fourth-order valence-corrected chi connectivity index (χ4v) is 4.24. The summed E-state index contributed by atoms with van der Waals surface area (Å²) in [5.74, 6) is 1.20. The molecule has 0 saturated carbocycles. The molecule has 0 radical (unpaired) electrons. The molecule has 0 spiro atoms. The summed E-state index contributed by atoms with van der Waals surface area (Å²) in [5, 5.41) is 0. The lowest BCUT2D eigenvalue weighted by atomic mass is 10.1. The summed E-state index contributed by atoms with van der Waals surface area (Å²) in [6.45, 7) is 3.72. The van der Waals surface area contributed by atoms with Crippen LogP contribution in [-0.4, -0.2) is 118 Å². The van der Waals surface area contributed by atoms with E-state index < -0.39 is 11.9 Å². The highest BCUT2D eigenvalue weighted by atomic mass is 16.6. The van der Waals surface area contributed by atoms with Gasteiger partial charge in [-0.1, -0.05) is 0 Å². The van der Waals surface area contributed by atoms with Crippen LogP contribution in [0.25, 0.3) is 0 Å². The molecule has 2 rings (SSSR count). The fourth-order valence-electron chi connectivity index (χ4n) is 4.24. The molecule has 12 nitrogen and oxygen atoms in total. The van der Waals surface area contributed by atoms with Crippen molar-refractivity contribution in [1.82, 2.24) is 9.80 Å². The maximum atomic E-state index is 12.6. The number of nitrogens with zero attached hydrogens (tertiary/aromatic N) is 2. The molecule has 0 bridgehead atoms. The molecule has 0 saturated heterocycles. The van der Waals surface area contributed by atoms with Gasteiger partial charge in [0, 0.05) is 26.2 Å². The van der Waals surface area contributed by atoms with E-state index in [1.165, 1.54) is 42.7 Å². The number of methoxy groups -OCH3 is 6. The van der Waals surface area contributed by atoms with Crippen molar-refractivity contribution < 1.29 is 47.5 Å². The number of carbonyl (C=O) groups is 2. The molecule has 234 valence electrons. The predicted molar refractivity (Wildman–Crippen MR) is 157 cm³/mol. The molecule has 0 heterocycles. The highest BCUT2D eigenvalue weighted by molar-refractivity contribution is 5.94. The second-order valence-corrected chi connectivity index (χ2v) is 9.35. The number of esters is 2. The van der Waals surface area contributed by atoms with Crippen LogP contribution in [0.1, 0.15) is 33.6 Å². The van der Waals surface area contributed by atoms with Gasteiger partial charge in [0.15, 0.2) is 23.0 Å². The highest BCUT2D eigenvalue weighted by Crippen LogP contribution is 2.41. The highest BCUT2D eigenvalue weighted by Gasteiger charge is 2.23. The zero-order valence-electron chi connectivity index (χ0n) is 25.9. The van der Waals surface area contributed by atoms with E-state index in [0.29, 0.717) is 35.8 Å².